The van der Waals surface area contributed by atoms with Crippen molar-refractivity contribution in [3.05, 3.63) is 43.0 Å². The minimum Gasteiger partial charge on any atom is -0.368 e. The van der Waals surface area contributed by atoms with Gasteiger partial charge in [-0.05, 0) is 18.6 Å². The van der Waals surface area contributed by atoms with E-state index in [0.29, 0.717) is 0 Å². The third-order valence-electron chi connectivity index (χ3n) is 1.96. The van der Waals surface area contributed by atoms with Crippen LogP contribution in [0.5, 0.6) is 0 Å². The van der Waals surface area contributed by atoms with Gasteiger partial charge >= 0.3 is 0 Å². The summed E-state index contributed by atoms with van der Waals surface area (Å²) in [5.41, 5.74) is 1.28. The van der Waals surface area contributed by atoms with E-state index < -0.39 is 0 Å². The van der Waals surface area contributed by atoms with Crippen molar-refractivity contribution < 1.29 is 0 Å². The molecule has 78 valence electrons. The van der Waals surface area contributed by atoms with Gasteiger partial charge < -0.3 is 4.90 Å². The van der Waals surface area contributed by atoms with Crippen LogP contribution in [0.2, 0.25) is 0 Å². The molecule has 0 aromatic heterocycles. The van der Waals surface area contributed by atoms with Gasteiger partial charge in [-0.1, -0.05) is 31.2 Å². The van der Waals surface area contributed by atoms with Crippen molar-refractivity contribution in [2.45, 2.75) is 13.3 Å². The lowest BCUT2D eigenvalue weighted by Gasteiger charge is -2.22. The predicted octanol–water partition coefficient (Wildman–Crippen LogP) is 3.51. The van der Waals surface area contributed by atoms with Crippen molar-refractivity contribution in [1.29, 1.82) is 0 Å². The Morgan fingerprint density at radius 3 is 2.43 bits per heavy atom. The SMILES string of the molecule is C=CCN(CCC)c1ccccc1.Cl. The highest BCUT2D eigenvalue weighted by Crippen LogP contribution is 2.12. The van der Waals surface area contributed by atoms with Crippen molar-refractivity contribution in [2.75, 3.05) is 18.0 Å². The molecule has 0 radical (unpaired) electrons. The highest BCUT2D eigenvalue weighted by molar-refractivity contribution is 5.85. The van der Waals surface area contributed by atoms with E-state index in [-0.39, 0.29) is 12.4 Å². The number of halogens is 1. The number of rotatable bonds is 5. The molecule has 0 aliphatic heterocycles. The highest BCUT2D eigenvalue weighted by atomic mass is 35.5. The maximum atomic E-state index is 3.77. The fraction of sp³-hybridized carbons (Fsp3) is 0.333. The molecule has 1 aromatic rings. The van der Waals surface area contributed by atoms with Gasteiger partial charge in [0.15, 0.2) is 0 Å². The third-order valence-corrected chi connectivity index (χ3v) is 1.96. The number of hydrogen-bond donors (Lipinski definition) is 0. The van der Waals surface area contributed by atoms with E-state index in [1.807, 2.05) is 12.1 Å². The molecule has 0 N–H and O–H groups in total. The van der Waals surface area contributed by atoms with Crippen LogP contribution in [0.25, 0.3) is 0 Å². The lowest BCUT2D eigenvalue weighted by Crippen LogP contribution is -2.23. The minimum atomic E-state index is 0. The summed E-state index contributed by atoms with van der Waals surface area (Å²) < 4.78 is 0. The summed E-state index contributed by atoms with van der Waals surface area (Å²) in [6.45, 7) is 7.98. The molecule has 0 saturated heterocycles. The molecular formula is C12H18ClN. The zero-order valence-corrected chi connectivity index (χ0v) is 9.46. The number of benzene rings is 1. The van der Waals surface area contributed by atoms with Crippen LogP contribution in [-0.2, 0) is 0 Å². The first-order valence-electron chi connectivity index (χ1n) is 4.79. The predicted molar refractivity (Wildman–Crippen MR) is 66.4 cm³/mol. The molecule has 0 unspecified atom stereocenters. The molecule has 0 bridgehead atoms. The van der Waals surface area contributed by atoms with Gasteiger partial charge in [0.05, 0.1) is 0 Å². The Morgan fingerprint density at radius 2 is 1.93 bits per heavy atom. The van der Waals surface area contributed by atoms with Crippen LogP contribution in [-0.4, -0.2) is 13.1 Å². The van der Waals surface area contributed by atoms with Crippen LogP contribution in [0.4, 0.5) is 5.69 Å². The molecule has 1 aromatic carbocycles. The van der Waals surface area contributed by atoms with Crippen LogP contribution >= 0.6 is 12.4 Å². The molecular weight excluding hydrogens is 194 g/mol. The van der Waals surface area contributed by atoms with Gasteiger partial charge in [0, 0.05) is 18.8 Å². The van der Waals surface area contributed by atoms with E-state index in [9.17, 15) is 0 Å². The molecule has 0 fully saturated rings. The van der Waals surface area contributed by atoms with Gasteiger partial charge in [0.2, 0.25) is 0 Å². The molecule has 14 heavy (non-hydrogen) atoms. The second-order valence-electron chi connectivity index (χ2n) is 3.07. The molecule has 0 saturated carbocycles. The zero-order chi connectivity index (χ0) is 9.52. The normalized spacial score (nSPS) is 8.93. The van der Waals surface area contributed by atoms with Crippen LogP contribution in [0.3, 0.4) is 0 Å². The summed E-state index contributed by atoms with van der Waals surface area (Å²) in [4.78, 5) is 2.33. The van der Waals surface area contributed by atoms with Gasteiger partial charge in [0.1, 0.15) is 0 Å². The largest absolute Gasteiger partial charge is 0.368 e. The molecule has 0 spiro atoms. The monoisotopic (exact) mass is 211 g/mol. The van der Waals surface area contributed by atoms with E-state index in [1.165, 1.54) is 12.1 Å². The van der Waals surface area contributed by atoms with E-state index in [2.05, 4.69) is 42.7 Å². The van der Waals surface area contributed by atoms with Gasteiger partial charge in [-0.2, -0.15) is 0 Å². The molecule has 0 aliphatic rings. The zero-order valence-electron chi connectivity index (χ0n) is 8.65. The molecule has 0 atom stereocenters. The molecule has 0 heterocycles. The van der Waals surface area contributed by atoms with Crippen LogP contribution in [0, 0.1) is 0 Å². The maximum Gasteiger partial charge on any atom is 0.0368 e. The summed E-state index contributed by atoms with van der Waals surface area (Å²) >= 11 is 0. The van der Waals surface area contributed by atoms with Crippen molar-refractivity contribution >= 4 is 18.1 Å². The number of nitrogens with zero attached hydrogens (tertiary/aromatic N) is 1. The summed E-state index contributed by atoms with van der Waals surface area (Å²) in [6.07, 6.45) is 3.12. The van der Waals surface area contributed by atoms with Crippen molar-refractivity contribution in [1.82, 2.24) is 0 Å². The van der Waals surface area contributed by atoms with Crippen molar-refractivity contribution in [2.24, 2.45) is 0 Å². The Labute approximate surface area is 92.8 Å². The summed E-state index contributed by atoms with van der Waals surface area (Å²) in [5.74, 6) is 0. The topological polar surface area (TPSA) is 3.24 Å². The second-order valence-corrected chi connectivity index (χ2v) is 3.07. The number of hydrogen-bond acceptors (Lipinski definition) is 1. The number of para-hydroxylation sites is 1. The van der Waals surface area contributed by atoms with Crippen LogP contribution < -0.4 is 4.90 Å². The van der Waals surface area contributed by atoms with E-state index in [4.69, 9.17) is 0 Å². The molecule has 2 heteroatoms. The second kappa shape index (κ2) is 7.45. The third kappa shape index (κ3) is 3.84. The maximum absolute atomic E-state index is 3.77. The van der Waals surface area contributed by atoms with Gasteiger partial charge in [-0.15, -0.1) is 19.0 Å². The summed E-state index contributed by atoms with van der Waals surface area (Å²) in [5, 5.41) is 0. The van der Waals surface area contributed by atoms with Gasteiger partial charge in [0.25, 0.3) is 0 Å². The first-order chi connectivity index (χ1) is 6.38. The Balaban J connectivity index is 0.00000169. The Bertz CT molecular complexity index is 246. The molecule has 0 aliphatic carbocycles. The first-order valence-corrected chi connectivity index (χ1v) is 4.79. The Kier molecular flexibility index (Phi) is 6.95. The van der Waals surface area contributed by atoms with Crippen LogP contribution in [0.15, 0.2) is 43.0 Å². The average molecular weight is 212 g/mol. The fourth-order valence-corrected chi connectivity index (χ4v) is 1.39. The highest BCUT2D eigenvalue weighted by Gasteiger charge is 2.00. The standard InChI is InChI=1S/C12H17N.ClH/c1-3-10-13(11-4-2)12-8-6-5-7-9-12;/h3,5-9H,1,4,10-11H2,2H3;1H. The van der Waals surface area contributed by atoms with Crippen molar-refractivity contribution in [3.63, 3.8) is 0 Å². The van der Waals surface area contributed by atoms with Crippen LogP contribution in [0.1, 0.15) is 13.3 Å². The molecule has 1 nitrogen and oxygen atoms in total. The summed E-state index contributed by atoms with van der Waals surface area (Å²) in [6, 6.07) is 10.5. The Morgan fingerprint density at radius 1 is 1.29 bits per heavy atom. The van der Waals surface area contributed by atoms with E-state index >= 15 is 0 Å². The molecule has 0 amide bonds. The number of anilines is 1. The lowest BCUT2D eigenvalue weighted by atomic mass is 10.2. The smallest absolute Gasteiger partial charge is 0.0368 e. The quantitative estimate of drug-likeness (QED) is 0.674. The fourth-order valence-electron chi connectivity index (χ4n) is 1.39. The van der Waals surface area contributed by atoms with Gasteiger partial charge in [-0.25, -0.2) is 0 Å². The van der Waals surface area contributed by atoms with Crippen molar-refractivity contribution in [3.8, 4) is 0 Å². The van der Waals surface area contributed by atoms with E-state index in [0.717, 1.165) is 13.1 Å². The average Bonchev–Trinajstić information content (AvgIpc) is 2.19. The van der Waals surface area contributed by atoms with E-state index in [1.54, 1.807) is 0 Å². The Hall–Kier alpha value is -0.950. The van der Waals surface area contributed by atoms with Gasteiger partial charge in [-0.3, -0.25) is 0 Å². The summed E-state index contributed by atoms with van der Waals surface area (Å²) in [7, 11) is 0. The first kappa shape index (κ1) is 13.1. The minimum absolute atomic E-state index is 0. The molecule has 1 rings (SSSR count). The lowest BCUT2D eigenvalue weighted by molar-refractivity contribution is 0.816.